The molecule has 0 amide bonds. The van der Waals surface area contributed by atoms with Gasteiger partial charge in [0.1, 0.15) is 0 Å². The molecule has 0 radical (unpaired) electrons. The van der Waals surface area contributed by atoms with E-state index in [0.717, 1.165) is 4.90 Å². The van der Waals surface area contributed by atoms with Crippen LogP contribution in [0.25, 0.3) is 0 Å². The zero-order chi connectivity index (χ0) is 15.5. The summed E-state index contributed by atoms with van der Waals surface area (Å²) in [6.07, 6.45) is 2.96. The minimum Gasteiger partial charge on any atom is -0.469 e. The molecule has 0 aromatic heterocycles. The minimum atomic E-state index is -3.47. The standard InChI is InChI=1S/C14H19NO4S2/c1-19-14(16)11-7-9-15(10-8-11)21(17,18)13-5-3-12(20-2)4-6-13/h3-6,11H,7-10H2,1-2H3. The lowest BCUT2D eigenvalue weighted by molar-refractivity contribution is -0.146. The highest BCUT2D eigenvalue weighted by Gasteiger charge is 2.32. The number of ether oxygens (including phenoxy) is 1. The molecular weight excluding hydrogens is 310 g/mol. The number of esters is 1. The van der Waals surface area contributed by atoms with Crippen LogP contribution < -0.4 is 0 Å². The first-order chi connectivity index (χ1) is 9.98. The third-order valence-corrected chi connectivity index (χ3v) is 6.34. The van der Waals surface area contributed by atoms with Gasteiger partial charge in [-0.25, -0.2) is 8.42 Å². The van der Waals surface area contributed by atoms with Crippen molar-refractivity contribution in [3.05, 3.63) is 24.3 Å². The summed E-state index contributed by atoms with van der Waals surface area (Å²) in [4.78, 5) is 12.8. The number of carbonyl (C=O) groups is 1. The zero-order valence-corrected chi connectivity index (χ0v) is 13.7. The average molecular weight is 329 g/mol. The van der Waals surface area contributed by atoms with Crippen molar-refractivity contribution in [1.29, 1.82) is 0 Å². The van der Waals surface area contributed by atoms with Crippen LogP contribution in [0.1, 0.15) is 12.8 Å². The summed E-state index contributed by atoms with van der Waals surface area (Å²) >= 11 is 1.57. The van der Waals surface area contributed by atoms with Crippen molar-refractivity contribution in [3.63, 3.8) is 0 Å². The Kier molecular flexibility index (Phi) is 5.29. The monoisotopic (exact) mass is 329 g/mol. The lowest BCUT2D eigenvalue weighted by Crippen LogP contribution is -2.40. The van der Waals surface area contributed by atoms with Crippen molar-refractivity contribution in [3.8, 4) is 0 Å². The molecule has 0 saturated carbocycles. The Labute approximate surface area is 129 Å². The van der Waals surface area contributed by atoms with Crippen LogP contribution in [0.5, 0.6) is 0 Å². The Morgan fingerprint density at radius 3 is 2.29 bits per heavy atom. The van der Waals surface area contributed by atoms with Crippen LogP contribution in [0.2, 0.25) is 0 Å². The van der Waals surface area contributed by atoms with Gasteiger partial charge in [-0.15, -0.1) is 11.8 Å². The number of sulfonamides is 1. The predicted molar refractivity (Wildman–Crippen MR) is 81.7 cm³/mol. The fourth-order valence-corrected chi connectivity index (χ4v) is 4.27. The molecule has 1 aromatic rings. The topological polar surface area (TPSA) is 63.7 Å². The summed E-state index contributed by atoms with van der Waals surface area (Å²) in [6, 6.07) is 6.87. The first kappa shape index (κ1) is 16.3. The van der Waals surface area contributed by atoms with E-state index < -0.39 is 10.0 Å². The van der Waals surface area contributed by atoms with Crippen LogP contribution in [0, 0.1) is 5.92 Å². The molecule has 0 N–H and O–H groups in total. The number of benzene rings is 1. The van der Waals surface area contributed by atoms with E-state index in [4.69, 9.17) is 4.74 Å². The van der Waals surface area contributed by atoms with Crippen molar-refractivity contribution in [2.45, 2.75) is 22.6 Å². The average Bonchev–Trinajstić information content (AvgIpc) is 2.54. The summed E-state index contributed by atoms with van der Waals surface area (Å²) in [5.74, 6) is -0.448. The van der Waals surface area contributed by atoms with Crippen molar-refractivity contribution in [2.24, 2.45) is 5.92 Å². The summed E-state index contributed by atoms with van der Waals surface area (Å²) in [5, 5.41) is 0. The van der Waals surface area contributed by atoms with Crippen molar-refractivity contribution in [1.82, 2.24) is 4.31 Å². The molecule has 1 heterocycles. The van der Waals surface area contributed by atoms with E-state index in [-0.39, 0.29) is 11.9 Å². The molecule has 1 saturated heterocycles. The highest BCUT2D eigenvalue weighted by molar-refractivity contribution is 7.98. The van der Waals surface area contributed by atoms with Crippen LogP contribution in [0.3, 0.4) is 0 Å². The second-order valence-electron chi connectivity index (χ2n) is 4.88. The molecule has 1 fully saturated rings. The molecule has 0 aliphatic carbocycles. The number of thioether (sulfide) groups is 1. The molecule has 1 aliphatic heterocycles. The smallest absolute Gasteiger partial charge is 0.308 e. The van der Waals surface area contributed by atoms with Gasteiger partial charge in [0.25, 0.3) is 0 Å². The fourth-order valence-electron chi connectivity index (χ4n) is 2.40. The molecule has 1 aromatic carbocycles. The van der Waals surface area contributed by atoms with E-state index in [0.29, 0.717) is 30.8 Å². The van der Waals surface area contributed by atoms with Crippen LogP contribution in [-0.4, -0.2) is 45.1 Å². The normalized spacial score (nSPS) is 17.6. The summed E-state index contributed by atoms with van der Waals surface area (Å²) in [7, 11) is -2.11. The van der Waals surface area contributed by atoms with Crippen molar-refractivity contribution >= 4 is 27.8 Å². The Bertz CT molecular complexity index is 590. The molecule has 0 bridgehead atoms. The number of rotatable bonds is 4. The van der Waals surface area contributed by atoms with Gasteiger partial charge in [-0.3, -0.25) is 4.79 Å². The molecule has 2 rings (SSSR count). The van der Waals surface area contributed by atoms with Gasteiger partial charge >= 0.3 is 5.97 Å². The molecule has 0 unspecified atom stereocenters. The van der Waals surface area contributed by atoms with E-state index in [1.807, 2.05) is 6.26 Å². The SMILES string of the molecule is COC(=O)C1CCN(S(=O)(=O)c2ccc(SC)cc2)CC1. The summed E-state index contributed by atoms with van der Waals surface area (Å²) < 4.78 is 31.2. The fraction of sp³-hybridized carbons (Fsp3) is 0.500. The quantitative estimate of drug-likeness (QED) is 0.624. The third kappa shape index (κ3) is 3.59. The van der Waals surface area contributed by atoms with E-state index in [9.17, 15) is 13.2 Å². The molecule has 116 valence electrons. The maximum absolute atomic E-state index is 12.5. The van der Waals surface area contributed by atoms with E-state index in [1.165, 1.54) is 11.4 Å². The zero-order valence-electron chi connectivity index (χ0n) is 12.1. The maximum atomic E-state index is 12.5. The second kappa shape index (κ2) is 6.81. The first-order valence-electron chi connectivity index (χ1n) is 6.71. The number of hydrogen-bond acceptors (Lipinski definition) is 5. The molecular formula is C14H19NO4S2. The van der Waals surface area contributed by atoms with Gasteiger partial charge < -0.3 is 4.74 Å². The number of methoxy groups -OCH3 is 1. The van der Waals surface area contributed by atoms with Crippen molar-refractivity contribution < 1.29 is 17.9 Å². The highest BCUT2D eigenvalue weighted by atomic mass is 32.2. The van der Waals surface area contributed by atoms with Gasteiger partial charge in [-0.05, 0) is 43.4 Å². The van der Waals surface area contributed by atoms with E-state index in [2.05, 4.69) is 0 Å². The molecule has 7 heteroatoms. The lowest BCUT2D eigenvalue weighted by Gasteiger charge is -2.29. The largest absolute Gasteiger partial charge is 0.469 e. The minimum absolute atomic E-state index is 0.194. The second-order valence-corrected chi connectivity index (χ2v) is 7.69. The van der Waals surface area contributed by atoms with Gasteiger partial charge in [-0.2, -0.15) is 4.31 Å². The number of carbonyl (C=O) groups excluding carboxylic acids is 1. The number of piperidine rings is 1. The summed E-state index contributed by atoms with van der Waals surface area (Å²) in [6.45, 7) is 0.707. The van der Waals surface area contributed by atoms with Gasteiger partial charge in [0.2, 0.25) is 10.0 Å². The van der Waals surface area contributed by atoms with E-state index >= 15 is 0 Å². The Balaban J connectivity index is 2.09. The lowest BCUT2D eigenvalue weighted by atomic mass is 9.99. The van der Waals surface area contributed by atoms with Gasteiger partial charge in [0.15, 0.2) is 0 Å². The molecule has 0 atom stereocenters. The van der Waals surface area contributed by atoms with Gasteiger partial charge in [-0.1, -0.05) is 0 Å². The highest BCUT2D eigenvalue weighted by Crippen LogP contribution is 2.25. The molecule has 1 aliphatic rings. The molecule has 21 heavy (non-hydrogen) atoms. The summed E-state index contributed by atoms with van der Waals surface area (Å²) in [5.41, 5.74) is 0. The van der Waals surface area contributed by atoms with Crippen molar-refractivity contribution in [2.75, 3.05) is 26.5 Å². The van der Waals surface area contributed by atoms with Crippen LogP contribution in [0.15, 0.2) is 34.1 Å². The Morgan fingerprint density at radius 1 is 1.24 bits per heavy atom. The molecule has 5 nitrogen and oxygen atoms in total. The van der Waals surface area contributed by atoms with Gasteiger partial charge in [0.05, 0.1) is 17.9 Å². The predicted octanol–water partition coefficient (Wildman–Crippen LogP) is 1.98. The van der Waals surface area contributed by atoms with Crippen LogP contribution >= 0.6 is 11.8 Å². The van der Waals surface area contributed by atoms with E-state index in [1.54, 1.807) is 36.0 Å². The number of hydrogen-bond donors (Lipinski definition) is 0. The van der Waals surface area contributed by atoms with Crippen LogP contribution in [-0.2, 0) is 19.6 Å². The molecule has 0 spiro atoms. The Hall–Kier alpha value is -1.05. The first-order valence-corrected chi connectivity index (χ1v) is 9.37. The Morgan fingerprint density at radius 2 is 1.81 bits per heavy atom. The van der Waals surface area contributed by atoms with Gasteiger partial charge in [0, 0.05) is 18.0 Å². The number of nitrogens with zero attached hydrogens (tertiary/aromatic N) is 1. The third-order valence-electron chi connectivity index (χ3n) is 3.69. The maximum Gasteiger partial charge on any atom is 0.308 e. The van der Waals surface area contributed by atoms with Crippen LogP contribution in [0.4, 0.5) is 0 Å².